The number of amides is 1. The van der Waals surface area contributed by atoms with E-state index in [0.29, 0.717) is 25.9 Å². The SMILES string of the molecule is O=C1CCc2cc(OCCCC=S(=O)=O)ccc2N1.c1ccc(C2CCCCC2)cc1. The van der Waals surface area contributed by atoms with Crippen LogP contribution in [0.25, 0.3) is 0 Å². The van der Waals surface area contributed by atoms with Crippen molar-refractivity contribution in [1.82, 2.24) is 0 Å². The number of carbonyl (C=O) groups excluding carboxylic acids is 1. The van der Waals surface area contributed by atoms with Gasteiger partial charge in [0.25, 0.3) is 0 Å². The van der Waals surface area contributed by atoms with E-state index in [9.17, 15) is 13.2 Å². The first kappa shape index (κ1) is 23.1. The molecule has 1 aliphatic heterocycles. The van der Waals surface area contributed by atoms with Crippen molar-refractivity contribution in [3.05, 3.63) is 59.7 Å². The van der Waals surface area contributed by atoms with Crippen molar-refractivity contribution in [2.75, 3.05) is 11.9 Å². The molecule has 6 heteroatoms. The van der Waals surface area contributed by atoms with E-state index in [0.717, 1.165) is 29.3 Å². The van der Waals surface area contributed by atoms with Gasteiger partial charge in [0.05, 0.1) is 6.61 Å². The third-order valence-electron chi connectivity index (χ3n) is 5.72. The molecule has 0 saturated heterocycles. The molecule has 2 aromatic carbocycles. The zero-order valence-corrected chi connectivity index (χ0v) is 18.7. The number of ether oxygens (including phenoxy) is 1. The summed E-state index contributed by atoms with van der Waals surface area (Å²) in [6.45, 7) is 0.471. The Bertz CT molecular complexity index is 972. The number of carbonyl (C=O) groups is 1. The third kappa shape index (κ3) is 7.87. The quantitative estimate of drug-likeness (QED) is 0.497. The molecule has 1 amide bonds. The molecule has 0 bridgehead atoms. The summed E-state index contributed by atoms with van der Waals surface area (Å²) in [7, 11) is -2.09. The van der Waals surface area contributed by atoms with Gasteiger partial charge in [-0.1, -0.05) is 49.6 Å². The largest absolute Gasteiger partial charge is 0.494 e. The number of benzene rings is 2. The van der Waals surface area contributed by atoms with Gasteiger partial charge in [-0.3, -0.25) is 4.79 Å². The van der Waals surface area contributed by atoms with Gasteiger partial charge in [0.1, 0.15) is 5.75 Å². The summed E-state index contributed by atoms with van der Waals surface area (Å²) in [6, 6.07) is 16.5. The highest BCUT2D eigenvalue weighted by atomic mass is 32.2. The average molecular weight is 442 g/mol. The summed E-state index contributed by atoms with van der Waals surface area (Å²) in [5.41, 5.74) is 3.47. The summed E-state index contributed by atoms with van der Waals surface area (Å²) in [4.78, 5) is 11.2. The van der Waals surface area contributed by atoms with E-state index in [1.165, 1.54) is 37.5 Å². The van der Waals surface area contributed by atoms with E-state index in [1.807, 2.05) is 12.1 Å². The van der Waals surface area contributed by atoms with Gasteiger partial charge in [0, 0.05) is 17.5 Å². The number of aryl methyl sites for hydroxylation is 1. The molecule has 0 spiro atoms. The Labute approximate surface area is 186 Å². The molecule has 1 saturated carbocycles. The molecule has 0 radical (unpaired) electrons. The molecule has 1 N–H and O–H groups in total. The van der Waals surface area contributed by atoms with Crippen LogP contribution in [0.15, 0.2) is 48.5 Å². The standard InChI is InChI=1S/C13H15NO4S.C12H16/c15-13-6-3-10-9-11(4-5-12(10)14-13)18-7-1-2-8-19(16)17;1-3-7-11(8-4-1)12-9-5-2-6-10-12/h4-5,8-9H,1-3,6-7H2,(H,14,15);1,3-4,7-8,12H,2,5-6,9-10H2. The average Bonchev–Trinajstić information content (AvgIpc) is 2.80. The number of fused-ring (bicyclic) bond motifs is 1. The van der Waals surface area contributed by atoms with E-state index in [1.54, 1.807) is 11.6 Å². The Kier molecular flexibility index (Phi) is 9.16. The normalized spacial score (nSPS) is 15.7. The zero-order valence-electron chi connectivity index (χ0n) is 17.9. The molecule has 1 fully saturated rings. The van der Waals surface area contributed by atoms with Crippen molar-refractivity contribution in [2.45, 2.75) is 63.7 Å². The predicted molar refractivity (Wildman–Crippen MR) is 125 cm³/mol. The van der Waals surface area contributed by atoms with Crippen LogP contribution in [0.2, 0.25) is 0 Å². The van der Waals surface area contributed by atoms with Crippen molar-refractivity contribution >= 4 is 27.3 Å². The van der Waals surface area contributed by atoms with Gasteiger partial charge < -0.3 is 10.1 Å². The molecule has 2 aliphatic rings. The molecular formula is C25H31NO4S. The van der Waals surface area contributed by atoms with Crippen molar-refractivity contribution in [3.8, 4) is 5.75 Å². The van der Waals surface area contributed by atoms with Crippen LogP contribution in [-0.2, 0) is 21.5 Å². The van der Waals surface area contributed by atoms with Gasteiger partial charge in [-0.2, -0.15) is 8.42 Å². The van der Waals surface area contributed by atoms with Gasteiger partial charge >= 0.3 is 0 Å². The maximum Gasteiger partial charge on any atom is 0.224 e. The minimum Gasteiger partial charge on any atom is -0.494 e. The molecule has 0 aromatic heterocycles. The second kappa shape index (κ2) is 12.3. The fourth-order valence-electron chi connectivity index (χ4n) is 4.06. The van der Waals surface area contributed by atoms with Crippen molar-refractivity contribution < 1.29 is 17.9 Å². The van der Waals surface area contributed by atoms with Gasteiger partial charge in [0.2, 0.25) is 16.2 Å². The van der Waals surface area contributed by atoms with Crippen LogP contribution in [0.5, 0.6) is 5.75 Å². The van der Waals surface area contributed by atoms with E-state index in [2.05, 4.69) is 35.6 Å². The highest BCUT2D eigenvalue weighted by Crippen LogP contribution is 2.32. The lowest BCUT2D eigenvalue weighted by molar-refractivity contribution is -0.116. The molecular weight excluding hydrogens is 410 g/mol. The van der Waals surface area contributed by atoms with Crippen LogP contribution in [0, 0.1) is 0 Å². The Morgan fingerprint density at radius 3 is 2.52 bits per heavy atom. The second-order valence-electron chi connectivity index (χ2n) is 8.03. The number of hydrogen-bond donors (Lipinski definition) is 1. The van der Waals surface area contributed by atoms with Crippen molar-refractivity contribution in [1.29, 1.82) is 0 Å². The molecule has 0 unspecified atom stereocenters. The maximum atomic E-state index is 11.2. The Hall–Kier alpha value is -2.60. The molecule has 0 atom stereocenters. The number of hydrogen-bond acceptors (Lipinski definition) is 4. The summed E-state index contributed by atoms with van der Waals surface area (Å²) in [6.07, 6.45) is 9.48. The van der Waals surface area contributed by atoms with E-state index < -0.39 is 10.3 Å². The van der Waals surface area contributed by atoms with Gasteiger partial charge in [-0.25, -0.2) is 0 Å². The van der Waals surface area contributed by atoms with Crippen molar-refractivity contribution in [3.63, 3.8) is 0 Å². The Balaban J connectivity index is 0.000000194. The summed E-state index contributed by atoms with van der Waals surface area (Å²) < 4.78 is 26.1. The monoisotopic (exact) mass is 441 g/mol. The molecule has 1 aliphatic carbocycles. The molecule has 5 nitrogen and oxygen atoms in total. The van der Waals surface area contributed by atoms with Crippen LogP contribution in [0.4, 0.5) is 5.69 Å². The summed E-state index contributed by atoms with van der Waals surface area (Å²) in [5.74, 6) is 1.65. The molecule has 4 rings (SSSR count). The maximum absolute atomic E-state index is 11.2. The van der Waals surface area contributed by atoms with Crippen LogP contribution in [-0.4, -0.2) is 26.3 Å². The first-order valence-corrected chi connectivity index (χ1v) is 12.3. The predicted octanol–water partition coefficient (Wildman–Crippen LogP) is 5.15. The topological polar surface area (TPSA) is 72.5 Å². The third-order valence-corrected chi connectivity index (χ3v) is 6.23. The lowest BCUT2D eigenvalue weighted by Crippen LogP contribution is -2.18. The summed E-state index contributed by atoms with van der Waals surface area (Å²) >= 11 is 0. The lowest BCUT2D eigenvalue weighted by atomic mass is 9.84. The van der Waals surface area contributed by atoms with E-state index in [4.69, 9.17) is 4.74 Å². The number of anilines is 1. The van der Waals surface area contributed by atoms with Crippen LogP contribution in [0.1, 0.15) is 68.4 Å². The number of nitrogens with one attached hydrogen (secondary N) is 1. The molecule has 1 heterocycles. The highest BCUT2D eigenvalue weighted by molar-refractivity contribution is 7.71. The minimum absolute atomic E-state index is 0.0438. The van der Waals surface area contributed by atoms with Crippen LogP contribution < -0.4 is 10.1 Å². The van der Waals surface area contributed by atoms with Crippen LogP contribution in [0.3, 0.4) is 0 Å². The molecule has 166 valence electrons. The minimum atomic E-state index is -2.09. The Morgan fingerprint density at radius 2 is 1.77 bits per heavy atom. The summed E-state index contributed by atoms with van der Waals surface area (Å²) in [5, 5.41) is 4.04. The number of unbranched alkanes of at least 4 members (excludes halogenated alkanes) is 1. The lowest BCUT2D eigenvalue weighted by Gasteiger charge is -2.21. The first-order valence-electron chi connectivity index (χ1n) is 11.1. The fourth-order valence-corrected chi connectivity index (χ4v) is 4.42. The van der Waals surface area contributed by atoms with Gasteiger partial charge in [0.15, 0.2) is 0 Å². The fraction of sp³-hybridized carbons (Fsp3) is 0.440. The smallest absolute Gasteiger partial charge is 0.224 e. The first-order chi connectivity index (χ1) is 15.1. The van der Waals surface area contributed by atoms with Gasteiger partial charge in [-0.05, 0) is 67.3 Å². The zero-order chi connectivity index (χ0) is 21.9. The Morgan fingerprint density at radius 1 is 1.00 bits per heavy atom. The van der Waals surface area contributed by atoms with E-state index >= 15 is 0 Å². The van der Waals surface area contributed by atoms with E-state index in [-0.39, 0.29) is 5.91 Å². The molecule has 2 aromatic rings. The molecule has 31 heavy (non-hydrogen) atoms. The van der Waals surface area contributed by atoms with Crippen LogP contribution >= 0.6 is 0 Å². The highest BCUT2D eigenvalue weighted by Gasteiger charge is 2.15. The van der Waals surface area contributed by atoms with Crippen molar-refractivity contribution in [2.24, 2.45) is 0 Å². The second-order valence-corrected chi connectivity index (χ2v) is 8.88. The van der Waals surface area contributed by atoms with Gasteiger partial charge in [-0.15, -0.1) is 0 Å². The number of rotatable bonds is 6.